The van der Waals surface area contributed by atoms with Crippen molar-refractivity contribution in [1.29, 1.82) is 0 Å². The summed E-state index contributed by atoms with van der Waals surface area (Å²) in [6.45, 7) is 8.80. The van der Waals surface area contributed by atoms with Crippen LogP contribution in [0.2, 0.25) is 0 Å². The van der Waals surface area contributed by atoms with Crippen molar-refractivity contribution in [2.24, 2.45) is 12.5 Å². The molecule has 0 saturated carbocycles. The number of nitrogens with zero attached hydrogens (tertiary/aromatic N) is 3. The molecule has 5 heteroatoms. The smallest absolute Gasteiger partial charge is 0.150 e. The van der Waals surface area contributed by atoms with E-state index in [4.69, 9.17) is 4.98 Å². The molecule has 0 amide bonds. The number of β-amino-alcohol motifs (C(OH)–C–C–N with tert-alkyl or cyclic N) is 1. The van der Waals surface area contributed by atoms with Gasteiger partial charge in [-0.1, -0.05) is 26.8 Å². The van der Waals surface area contributed by atoms with E-state index in [1.807, 2.05) is 0 Å². The number of imidazole rings is 1. The van der Waals surface area contributed by atoms with Gasteiger partial charge in [-0.2, -0.15) is 0 Å². The number of aliphatic hydroxyl groups is 1. The maximum Gasteiger partial charge on any atom is 0.150 e. The molecule has 1 atom stereocenters. The van der Waals surface area contributed by atoms with Crippen molar-refractivity contribution in [1.82, 2.24) is 14.5 Å². The molecular weight excluding hydrogens is 294 g/mol. The van der Waals surface area contributed by atoms with Crippen LogP contribution in [0.3, 0.4) is 0 Å². The van der Waals surface area contributed by atoms with Gasteiger partial charge in [-0.25, -0.2) is 4.98 Å². The van der Waals surface area contributed by atoms with Crippen LogP contribution in [0.1, 0.15) is 32.2 Å². The number of rotatable bonds is 3. The molecule has 0 aromatic carbocycles. The molecule has 0 bridgehead atoms. The van der Waals surface area contributed by atoms with E-state index in [9.17, 15) is 5.11 Å². The zero-order chi connectivity index (χ0) is 15.9. The number of thiophene rings is 1. The molecule has 0 unspecified atom stereocenters. The summed E-state index contributed by atoms with van der Waals surface area (Å²) >= 11 is 1.73. The predicted molar refractivity (Wildman–Crippen MR) is 91.0 cm³/mol. The number of fused-ring (bicyclic) bond motifs is 1. The van der Waals surface area contributed by atoms with Crippen molar-refractivity contribution in [3.63, 3.8) is 0 Å². The first-order chi connectivity index (χ1) is 10.4. The van der Waals surface area contributed by atoms with Gasteiger partial charge in [0.25, 0.3) is 0 Å². The molecule has 0 spiro atoms. The second-order valence-electron chi connectivity index (χ2n) is 7.23. The zero-order valence-corrected chi connectivity index (χ0v) is 14.7. The molecular formula is C17H25N3OS. The van der Waals surface area contributed by atoms with Crippen LogP contribution in [0.5, 0.6) is 0 Å². The SMILES string of the molecule is Cn1c(-c2cccs2)nc2c1CCN(C[C@@H](O)C(C)(C)C)C2. The highest BCUT2D eigenvalue weighted by Gasteiger charge is 2.28. The normalized spacial score (nSPS) is 17.5. The van der Waals surface area contributed by atoms with Gasteiger partial charge >= 0.3 is 0 Å². The zero-order valence-electron chi connectivity index (χ0n) is 13.8. The van der Waals surface area contributed by atoms with Crippen LogP contribution < -0.4 is 0 Å². The minimum atomic E-state index is -0.311. The van der Waals surface area contributed by atoms with Crippen molar-refractivity contribution < 1.29 is 5.11 Å². The maximum absolute atomic E-state index is 10.3. The van der Waals surface area contributed by atoms with Gasteiger partial charge in [0.05, 0.1) is 16.7 Å². The van der Waals surface area contributed by atoms with Crippen LogP contribution in [0.4, 0.5) is 0 Å². The van der Waals surface area contributed by atoms with Crippen LogP contribution in [0.25, 0.3) is 10.7 Å². The van der Waals surface area contributed by atoms with Crippen molar-refractivity contribution in [2.75, 3.05) is 13.1 Å². The summed E-state index contributed by atoms with van der Waals surface area (Å²) in [5.74, 6) is 1.07. The van der Waals surface area contributed by atoms with Crippen molar-refractivity contribution >= 4 is 11.3 Å². The lowest BCUT2D eigenvalue weighted by molar-refractivity contribution is 0.0242. The molecule has 4 nitrogen and oxygen atoms in total. The first-order valence-electron chi connectivity index (χ1n) is 7.85. The highest BCUT2D eigenvalue weighted by Crippen LogP contribution is 2.29. The standard InChI is InChI=1S/C17H25N3OS/c1-17(2,3)15(21)11-20-8-7-13-12(10-20)18-16(19(13)4)14-6-5-9-22-14/h5-6,9,15,21H,7-8,10-11H2,1-4H3/t15-/m1/s1. The summed E-state index contributed by atoms with van der Waals surface area (Å²) < 4.78 is 2.23. The van der Waals surface area contributed by atoms with Gasteiger partial charge in [-0.05, 0) is 16.9 Å². The van der Waals surface area contributed by atoms with Gasteiger partial charge in [-0.15, -0.1) is 11.3 Å². The molecule has 1 aliphatic rings. The lowest BCUT2D eigenvalue weighted by Crippen LogP contribution is -2.42. The summed E-state index contributed by atoms with van der Waals surface area (Å²) in [6.07, 6.45) is 0.690. The summed E-state index contributed by atoms with van der Waals surface area (Å²) in [5, 5.41) is 12.4. The fourth-order valence-electron chi connectivity index (χ4n) is 2.88. The molecule has 0 radical (unpaired) electrons. The van der Waals surface area contributed by atoms with E-state index in [2.05, 4.69) is 54.8 Å². The Bertz CT molecular complexity index is 640. The summed E-state index contributed by atoms with van der Waals surface area (Å²) in [6, 6.07) is 4.19. The fourth-order valence-corrected chi connectivity index (χ4v) is 3.63. The average Bonchev–Trinajstić information content (AvgIpc) is 3.06. The summed E-state index contributed by atoms with van der Waals surface area (Å²) in [7, 11) is 2.11. The third kappa shape index (κ3) is 2.98. The molecule has 120 valence electrons. The quantitative estimate of drug-likeness (QED) is 0.946. The molecule has 3 heterocycles. The topological polar surface area (TPSA) is 41.3 Å². The molecule has 3 rings (SSSR count). The van der Waals surface area contributed by atoms with E-state index in [0.717, 1.165) is 25.3 Å². The Morgan fingerprint density at radius 3 is 2.82 bits per heavy atom. The number of hydrogen-bond donors (Lipinski definition) is 1. The van der Waals surface area contributed by atoms with Crippen molar-refractivity contribution in [3.8, 4) is 10.7 Å². The molecule has 1 aliphatic heterocycles. The minimum absolute atomic E-state index is 0.0769. The fraction of sp³-hybridized carbons (Fsp3) is 0.588. The Morgan fingerprint density at radius 1 is 1.41 bits per heavy atom. The Labute approximate surface area is 136 Å². The van der Waals surface area contributed by atoms with Gasteiger partial charge in [0.2, 0.25) is 0 Å². The molecule has 0 fully saturated rings. The average molecular weight is 319 g/mol. The first-order valence-corrected chi connectivity index (χ1v) is 8.73. The van der Waals surface area contributed by atoms with E-state index < -0.39 is 0 Å². The molecule has 0 saturated heterocycles. The predicted octanol–water partition coefficient (Wildman–Crippen LogP) is 2.91. The van der Waals surface area contributed by atoms with E-state index in [0.29, 0.717) is 6.54 Å². The van der Waals surface area contributed by atoms with Crippen molar-refractivity contribution in [2.45, 2.75) is 39.8 Å². The van der Waals surface area contributed by atoms with Gasteiger partial charge < -0.3 is 9.67 Å². The minimum Gasteiger partial charge on any atom is -0.391 e. The van der Waals surface area contributed by atoms with Crippen LogP contribution >= 0.6 is 11.3 Å². The van der Waals surface area contributed by atoms with Gasteiger partial charge in [0.15, 0.2) is 0 Å². The lowest BCUT2D eigenvalue weighted by Gasteiger charge is -2.33. The second-order valence-corrected chi connectivity index (χ2v) is 8.18. The van der Waals surface area contributed by atoms with Crippen LogP contribution in [0.15, 0.2) is 17.5 Å². The summed E-state index contributed by atoms with van der Waals surface area (Å²) in [4.78, 5) is 8.41. The van der Waals surface area contributed by atoms with Gasteiger partial charge in [0, 0.05) is 38.8 Å². The molecule has 2 aromatic rings. The number of hydrogen-bond acceptors (Lipinski definition) is 4. The number of aliphatic hydroxyl groups excluding tert-OH is 1. The van der Waals surface area contributed by atoms with Crippen LogP contribution in [-0.2, 0) is 20.0 Å². The van der Waals surface area contributed by atoms with E-state index in [1.54, 1.807) is 11.3 Å². The second kappa shape index (κ2) is 5.80. The Morgan fingerprint density at radius 2 is 2.18 bits per heavy atom. The highest BCUT2D eigenvalue weighted by molar-refractivity contribution is 7.13. The van der Waals surface area contributed by atoms with Crippen LogP contribution in [-0.4, -0.2) is 38.8 Å². The van der Waals surface area contributed by atoms with Gasteiger partial charge in [0.1, 0.15) is 5.82 Å². The molecule has 0 aliphatic carbocycles. The largest absolute Gasteiger partial charge is 0.391 e. The van der Waals surface area contributed by atoms with E-state index in [1.165, 1.54) is 16.3 Å². The maximum atomic E-state index is 10.3. The Hall–Kier alpha value is -1.17. The third-order valence-corrected chi connectivity index (χ3v) is 5.37. The third-order valence-electron chi connectivity index (χ3n) is 4.51. The Kier molecular flexibility index (Phi) is 4.14. The van der Waals surface area contributed by atoms with Crippen molar-refractivity contribution in [3.05, 3.63) is 28.9 Å². The summed E-state index contributed by atoms with van der Waals surface area (Å²) in [5.41, 5.74) is 2.43. The highest BCUT2D eigenvalue weighted by atomic mass is 32.1. The first kappa shape index (κ1) is 15.7. The molecule has 2 aromatic heterocycles. The molecule has 22 heavy (non-hydrogen) atoms. The van der Waals surface area contributed by atoms with Gasteiger partial charge in [-0.3, -0.25) is 4.90 Å². The monoisotopic (exact) mass is 319 g/mol. The van der Waals surface area contributed by atoms with E-state index in [-0.39, 0.29) is 11.5 Å². The van der Waals surface area contributed by atoms with Crippen LogP contribution in [0, 0.1) is 5.41 Å². The lowest BCUT2D eigenvalue weighted by atomic mass is 9.88. The van der Waals surface area contributed by atoms with E-state index >= 15 is 0 Å². The number of aromatic nitrogens is 2. The molecule has 1 N–H and O–H groups in total. The Balaban J connectivity index is 1.78.